The first-order valence-electron chi connectivity index (χ1n) is 14.5. The van der Waals surface area contributed by atoms with Crippen LogP contribution in [0.2, 0.25) is 0 Å². The molecule has 0 N–H and O–H groups in total. The van der Waals surface area contributed by atoms with E-state index in [1.807, 2.05) is 6.07 Å². The number of hydrogen-bond donors (Lipinski definition) is 0. The molecule has 4 fully saturated rings. The molecule has 1 aromatic carbocycles. The van der Waals surface area contributed by atoms with Crippen LogP contribution in [0.4, 0.5) is 10.2 Å². The van der Waals surface area contributed by atoms with Gasteiger partial charge in [-0.15, -0.1) is 10.2 Å². The number of hydrogen-bond acceptors (Lipinski definition) is 8. The number of halogens is 1. The van der Waals surface area contributed by atoms with Crippen LogP contribution in [-0.2, 0) is 4.79 Å². The molecule has 9 heteroatoms. The Balaban J connectivity index is 1.10. The van der Waals surface area contributed by atoms with Crippen LogP contribution in [0, 0.1) is 23.1 Å². The number of Topliss-reactive ketones (excluding diaryl/α,β-unsaturated/α-hetero) is 1. The van der Waals surface area contributed by atoms with E-state index in [9.17, 15) is 9.18 Å². The quantitative estimate of drug-likeness (QED) is 0.381. The second kappa shape index (κ2) is 9.87. The van der Waals surface area contributed by atoms with E-state index in [1.165, 1.54) is 18.5 Å². The zero-order valence-electron chi connectivity index (χ0n) is 23.1. The maximum absolute atomic E-state index is 14.5. The molecule has 0 unspecified atom stereocenters. The van der Waals surface area contributed by atoms with E-state index in [1.54, 1.807) is 12.3 Å². The summed E-state index contributed by atoms with van der Waals surface area (Å²) in [4.78, 5) is 25.7. The topological polar surface area (TPSA) is 84.3 Å². The molecule has 2 saturated carbocycles. The number of ketones is 1. The fraction of sp³-hybridized carbons (Fsp3) is 0.516. The maximum Gasteiger partial charge on any atom is 0.282 e. The Hall–Kier alpha value is -3.46. The van der Waals surface area contributed by atoms with Crippen molar-refractivity contribution in [3.63, 3.8) is 0 Å². The van der Waals surface area contributed by atoms with Gasteiger partial charge in [0, 0.05) is 62.2 Å². The van der Waals surface area contributed by atoms with Crippen LogP contribution in [-0.4, -0.2) is 63.1 Å². The normalized spacial score (nSPS) is 21.5. The Morgan fingerprint density at radius 3 is 2.67 bits per heavy atom. The molecule has 2 aliphatic heterocycles. The molecule has 2 saturated heterocycles. The monoisotopic (exact) mass is 542 g/mol. The molecule has 1 spiro atoms. The number of pyridine rings is 1. The van der Waals surface area contributed by atoms with E-state index in [2.05, 4.69) is 49.9 Å². The number of carbonyl (C=O) groups excluding carboxylic acids is 1. The maximum atomic E-state index is 14.5. The van der Waals surface area contributed by atoms with Crippen molar-refractivity contribution < 1.29 is 13.9 Å². The van der Waals surface area contributed by atoms with Gasteiger partial charge in [-0.1, -0.05) is 19.9 Å². The van der Waals surface area contributed by atoms with Crippen LogP contribution >= 0.6 is 0 Å². The van der Waals surface area contributed by atoms with Crippen LogP contribution in [0.3, 0.4) is 0 Å². The molecule has 4 aliphatic rings. The van der Waals surface area contributed by atoms with Gasteiger partial charge in [0.05, 0.1) is 5.69 Å². The molecule has 2 aromatic heterocycles. The Morgan fingerprint density at radius 1 is 1.10 bits per heavy atom. The molecule has 0 radical (unpaired) electrons. The van der Waals surface area contributed by atoms with Gasteiger partial charge in [0.1, 0.15) is 23.7 Å². The average molecular weight is 543 g/mol. The Labute approximate surface area is 234 Å². The molecule has 208 valence electrons. The number of ether oxygens (including phenoxy) is 1. The number of likely N-dealkylation sites (tertiary alicyclic amines) is 1. The first-order chi connectivity index (χ1) is 19.4. The standard InChI is InChI=1S/C31H35FN6O2/c1-19(2)28(21-12-23(39)13-21)38-16-31(17-38)9-11-37(15-31)29-30(36-35-18-34-29)40-26-8-7-22(32)14-25(26)27-24(20-5-6-20)4-3-10-33-27/h3-4,7-8,10,14,18-21,28H,5-6,9,11-13,15-17H2,1-2H3/t28-/m0/s1. The lowest BCUT2D eigenvalue weighted by Crippen LogP contribution is -2.64. The Kier molecular flexibility index (Phi) is 6.29. The van der Waals surface area contributed by atoms with Crippen molar-refractivity contribution in [1.82, 2.24) is 25.1 Å². The lowest BCUT2D eigenvalue weighted by Gasteiger charge is -2.55. The molecule has 7 rings (SSSR count). The fourth-order valence-electron chi connectivity index (χ4n) is 7.22. The molecule has 0 amide bonds. The molecule has 40 heavy (non-hydrogen) atoms. The summed E-state index contributed by atoms with van der Waals surface area (Å²) < 4.78 is 20.8. The number of anilines is 1. The molecule has 0 bridgehead atoms. The highest BCUT2D eigenvalue weighted by atomic mass is 19.1. The Bertz CT molecular complexity index is 1430. The minimum Gasteiger partial charge on any atom is -0.434 e. The van der Waals surface area contributed by atoms with Gasteiger partial charge < -0.3 is 9.64 Å². The number of benzene rings is 1. The van der Waals surface area contributed by atoms with Crippen molar-refractivity contribution in [1.29, 1.82) is 0 Å². The SMILES string of the molecule is CC(C)[C@@H](C1CC(=O)C1)N1CC2(CCN(c3ncnnc3Oc3ccc(F)cc3-c3ncccc3C3CC3)C2)C1. The molecule has 4 heterocycles. The van der Waals surface area contributed by atoms with Crippen molar-refractivity contribution in [2.24, 2.45) is 17.3 Å². The van der Waals surface area contributed by atoms with Gasteiger partial charge in [-0.3, -0.25) is 14.7 Å². The van der Waals surface area contributed by atoms with Gasteiger partial charge in [-0.25, -0.2) is 9.37 Å². The van der Waals surface area contributed by atoms with E-state index in [-0.39, 0.29) is 11.2 Å². The highest BCUT2D eigenvalue weighted by Crippen LogP contribution is 2.48. The summed E-state index contributed by atoms with van der Waals surface area (Å²) in [7, 11) is 0. The van der Waals surface area contributed by atoms with Crippen molar-refractivity contribution in [2.45, 2.75) is 57.9 Å². The van der Waals surface area contributed by atoms with Crippen LogP contribution in [0.5, 0.6) is 11.6 Å². The minimum atomic E-state index is -0.339. The summed E-state index contributed by atoms with van der Waals surface area (Å²) in [5.74, 6) is 3.02. The van der Waals surface area contributed by atoms with Gasteiger partial charge in [0.15, 0.2) is 5.82 Å². The zero-order valence-corrected chi connectivity index (χ0v) is 23.1. The van der Waals surface area contributed by atoms with E-state index < -0.39 is 0 Å². The Morgan fingerprint density at radius 2 is 1.93 bits per heavy atom. The smallest absolute Gasteiger partial charge is 0.282 e. The highest BCUT2D eigenvalue weighted by molar-refractivity contribution is 5.84. The van der Waals surface area contributed by atoms with Gasteiger partial charge in [0.25, 0.3) is 5.88 Å². The van der Waals surface area contributed by atoms with Crippen molar-refractivity contribution in [3.05, 3.63) is 54.2 Å². The van der Waals surface area contributed by atoms with Gasteiger partial charge in [-0.05, 0) is 66.8 Å². The lowest BCUT2D eigenvalue weighted by atomic mass is 9.70. The summed E-state index contributed by atoms with van der Waals surface area (Å²) in [6, 6.07) is 9.00. The summed E-state index contributed by atoms with van der Waals surface area (Å²) in [5, 5.41) is 8.34. The predicted molar refractivity (Wildman–Crippen MR) is 149 cm³/mol. The molecule has 3 aromatic rings. The van der Waals surface area contributed by atoms with Crippen LogP contribution < -0.4 is 9.64 Å². The second-order valence-corrected chi connectivity index (χ2v) is 12.6. The number of aromatic nitrogens is 4. The van der Waals surface area contributed by atoms with Crippen molar-refractivity contribution >= 4 is 11.6 Å². The van der Waals surface area contributed by atoms with E-state index in [4.69, 9.17) is 4.74 Å². The number of nitrogens with zero attached hydrogens (tertiary/aromatic N) is 6. The van der Waals surface area contributed by atoms with Crippen LogP contribution in [0.15, 0.2) is 42.9 Å². The largest absolute Gasteiger partial charge is 0.434 e. The van der Waals surface area contributed by atoms with Crippen LogP contribution in [0.25, 0.3) is 11.3 Å². The molecule has 8 nitrogen and oxygen atoms in total. The predicted octanol–water partition coefficient (Wildman–Crippen LogP) is 5.26. The lowest BCUT2D eigenvalue weighted by molar-refractivity contribution is -0.133. The third-order valence-corrected chi connectivity index (χ3v) is 9.21. The van der Waals surface area contributed by atoms with Gasteiger partial charge in [0.2, 0.25) is 0 Å². The van der Waals surface area contributed by atoms with E-state index in [0.29, 0.717) is 52.6 Å². The third-order valence-electron chi connectivity index (χ3n) is 9.21. The first kappa shape index (κ1) is 25.5. The third kappa shape index (κ3) is 4.64. The van der Waals surface area contributed by atoms with Gasteiger partial charge >= 0.3 is 0 Å². The summed E-state index contributed by atoms with van der Waals surface area (Å²) in [5.41, 5.74) is 2.69. The highest BCUT2D eigenvalue weighted by Gasteiger charge is 2.52. The minimum absolute atomic E-state index is 0.206. The first-order valence-corrected chi connectivity index (χ1v) is 14.5. The molecule has 1 atom stereocenters. The summed E-state index contributed by atoms with van der Waals surface area (Å²) in [6.45, 7) is 8.36. The van der Waals surface area contributed by atoms with E-state index >= 15 is 0 Å². The molecule has 2 aliphatic carbocycles. The fourth-order valence-corrected chi connectivity index (χ4v) is 7.22. The van der Waals surface area contributed by atoms with Crippen molar-refractivity contribution in [2.75, 3.05) is 31.1 Å². The molecular weight excluding hydrogens is 507 g/mol. The summed E-state index contributed by atoms with van der Waals surface area (Å²) in [6.07, 6.45) is 7.97. The zero-order chi connectivity index (χ0) is 27.4. The van der Waals surface area contributed by atoms with E-state index in [0.717, 1.165) is 69.5 Å². The van der Waals surface area contributed by atoms with Crippen molar-refractivity contribution in [3.8, 4) is 22.9 Å². The van der Waals surface area contributed by atoms with Crippen LogP contribution in [0.1, 0.15) is 57.4 Å². The number of rotatable bonds is 8. The average Bonchev–Trinajstić information content (AvgIpc) is 3.67. The summed E-state index contributed by atoms with van der Waals surface area (Å²) >= 11 is 0. The molecular formula is C31H35FN6O2. The number of carbonyl (C=O) groups is 1. The van der Waals surface area contributed by atoms with Gasteiger partial charge in [-0.2, -0.15) is 0 Å². The second-order valence-electron chi connectivity index (χ2n) is 12.6.